The predicted octanol–water partition coefficient (Wildman–Crippen LogP) is 2.77. The van der Waals surface area contributed by atoms with Crippen LogP contribution < -0.4 is 10.6 Å². The number of rotatable bonds is 8. The van der Waals surface area contributed by atoms with Crippen molar-refractivity contribution in [3.63, 3.8) is 0 Å². The Morgan fingerprint density at radius 1 is 0.750 bits per heavy atom. The van der Waals surface area contributed by atoms with Crippen LogP contribution in [0.3, 0.4) is 0 Å². The Kier molecular flexibility index (Phi) is 7.52. The molecule has 2 amide bonds. The summed E-state index contributed by atoms with van der Waals surface area (Å²) in [5.41, 5.74) is 1.19. The Balaban J connectivity index is 1.15. The minimum atomic E-state index is -0.206. The number of nitrogens with zero attached hydrogens (tertiary/aromatic N) is 8. The fraction of sp³-hybridized carbons (Fsp3) is 0.364. The molecule has 4 aromatic rings. The van der Waals surface area contributed by atoms with E-state index in [2.05, 4.69) is 51.0 Å². The molecule has 0 bridgehead atoms. The number of nitrogens with one attached hydrogen (secondary N) is 2. The van der Waals surface area contributed by atoms with Gasteiger partial charge < -0.3 is 10.6 Å². The van der Waals surface area contributed by atoms with Gasteiger partial charge in [0.2, 0.25) is 22.1 Å². The molecule has 184 valence electrons. The standard InChI is InChI=1S/C22H22N10O2S2/c33-17(9-15-11-23-4-6-25-15)27-21-31-29-19(35-21)13-2-1-3-14(8-13)20-30-32-22(36-20)28-18(34)10-16-12-24-5-7-26-16/h4-7,11-14H,1-3,8-10H2,(H,27,31,33)(H,28,32,34)/t13-,14-/m1/s1. The second-order valence-electron chi connectivity index (χ2n) is 8.29. The molecule has 2 atom stereocenters. The summed E-state index contributed by atoms with van der Waals surface area (Å²) in [5.74, 6) is 0.0425. The van der Waals surface area contributed by atoms with Crippen LogP contribution in [0.15, 0.2) is 37.2 Å². The van der Waals surface area contributed by atoms with Gasteiger partial charge in [-0.1, -0.05) is 29.1 Å². The first-order chi connectivity index (χ1) is 17.6. The smallest absolute Gasteiger partial charge is 0.232 e. The zero-order valence-electron chi connectivity index (χ0n) is 19.1. The fourth-order valence-corrected chi connectivity index (χ4v) is 5.85. The van der Waals surface area contributed by atoms with Crippen LogP contribution >= 0.6 is 22.7 Å². The summed E-state index contributed by atoms with van der Waals surface area (Å²) < 4.78 is 0. The van der Waals surface area contributed by atoms with Gasteiger partial charge in [-0.15, -0.1) is 20.4 Å². The Labute approximate surface area is 214 Å². The summed E-state index contributed by atoms with van der Waals surface area (Å²) >= 11 is 2.80. The van der Waals surface area contributed by atoms with Gasteiger partial charge in [0.05, 0.1) is 24.2 Å². The summed E-state index contributed by atoms with van der Waals surface area (Å²) in [4.78, 5) is 40.8. The van der Waals surface area contributed by atoms with Crippen molar-refractivity contribution in [1.82, 2.24) is 40.3 Å². The number of amides is 2. The van der Waals surface area contributed by atoms with Crippen molar-refractivity contribution in [1.29, 1.82) is 0 Å². The molecule has 2 N–H and O–H groups in total. The number of aromatic nitrogens is 8. The van der Waals surface area contributed by atoms with E-state index in [4.69, 9.17) is 0 Å². The summed E-state index contributed by atoms with van der Waals surface area (Å²) in [5, 5.41) is 25.4. The monoisotopic (exact) mass is 522 g/mol. The molecular formula is C22H22N10O2S2. The van der Waals surface area contributed by atoms with E-state index in [-0.39, 0.29) is 36.5 Å². The first kappa shape index (κ1) is 23.9. The molecule has 1 aliphatic rings. The van der Waals surface area contributed by atoms with E-state index in [1.165, 1.54) is 22.7 Å². The minimum Gasteiger partial charge on any atom is -0.300 e. The third kappa shape index (κ3) is 6.26. The van der Waals surface area contributed by atoms with Gasteiger partial charge >= 0.3 is 0 Å². The molecule has 36 heavy (non-hydrogen) atoms. The second kappa shape index (κ2) is 11.3. The van der Waals surface area contributed by atoms with E-state index in [9.17, 15) is 9.59 Å². The van der Waals surface area contributed by atoms with Gasteiger partial charge in [-0.05, 0) is 19.3 Å². The van der Waals surface area contributed by atoms with Crippen molar-refractivity contribution in [2.24, 2.45) is 0 Å². The molecule has 0 aliphatic heterocycles. The molecule has 0 spiro atoms. The number of carbonyl (C=O) groups is 2. The van der Waals surface area contributed by atoms with Gasteiger partial charge in [0.1, 0.15) is 10.0 Å². The SMILES string of the molecule is O=C(Cc1cnccn1)Nc1nnc([C@@H]2CCC[C@@H](c3nnc(NC(=O)Cc4cnccn4)s3)C2)s1. The lowest BCUT2D eigenvalue weighted by Crippen LogP contribution is -2.15. The van der Waals surface area contributed by atoms with Crippen LogP contribution in [-0.4, -0.2) is 52.1 Å². The molecule has 0 aromatic carbocycles. The van der Waals surface area contributed by atoms with Crippen molar-refractivity contribution in [2.75, 3.05) is 10.6 Å². The lowest BCUT2D eigenvalue weighted by Gasteiger charge is -2.25. The summed E-state index contributed by atoms with van der Waals surface area (Å²) in [6, 6.07) is 0. The van der Waals surface area contributed by atoms with Crippen molar-refractivity contribution in [3.05, 3.63) is 58.6 Å². The predicted molar refractivity (Wildman–Crippen MR) is 132 cm³/mol. The normalized spacial score (nSPS) is 17.4. The maximum atomic E-state index is 12.3. The highest BCUT2D eigenvalue weighted by atomic mass is 32.1. The summed E-state index contributed by atoms with van der Waals surface area (Å²) in [7, 11) is 0. The Morgan fingerprint density at radius 3 is 1.69 bits per heavy atom. The van der Waals surface area contributed by atoms with Gasteiger partial charge in [-0.3, -0.25) is 29.5 Å². The Bertz CT molecular complexity index is 1210. The number of carbonyl (C=O) groups excluding carboxylic acids is 2. The number of hydrogen-bond donors (Lipinski definition) is 2. The van der Waals surface area contributed by atoms with Crippen molar-refractivity contribution < 1.29 is 9.59 Å². The summed E-state index contributed by atoms with van der Waals surface area (Å²) in [6.45, 7) is 0. The van der Waals surface area contributed by atoms with E-state index in [0.29, 0.717) is 21.7 Å². The molecule has 0 unspecified atom stereocenters. The molecule has 12 nitrogen and oxygen atoms in total. The van der Waals surface area contributed by atoms with Gasteiger partial charge in [0.25, 0.3) is 0 Å². The first-order valence-electron chi connectivity index (χ1n) is 11.4. The van der Waals surface area contributed by atoms with Gasteiger partial charge in [-0.25, -0.2) is 0 Å². The van der Waals surface area contributed by atoms with Gasteiger partial charge in [-0.2, -0.15) is 0 Å². The average Bonchev–Trinajstić information content (AvgIpc) is 3.55. The molecule has 1 aliphatic carbocycles. The highest BCUT2D eigenvalue weighted by molar-refractivity contribution is 7.15. The third-order valence-corrected chi connectivity index (χ3v) is 7.67. The van der Waals surface area contributed by atoms with Gasteiger partial charge in [0.15, 0.2) is 0 Å². The maximum absolute atomic E-state index is 12.3. The molecule has 1 saturated carbocycles. The lowest BCUT2D eigenvalue weighted by atomic mass is 9.82. The van der Waals surface area contributed by atoms with Crippen molar-refractivity contribution in [3.8, 4) is 0 Å². The number of hydrogen-bond acceptors (Lipinski definition) is 12. The summed E-state index contributed by atoms with van der Waals surface area (Å²) in [6.07, 6.45) is 13.5. The van der Waals surface area contributed by atoms with Gasteiger partial charge in [0, 0.05) is 49.0 Å². The molecule has 1 fully saturated rings. The van der Waals surface area contributed by atoms with E-state index >= 15 is 0 Å². The van der Waals surface area contributed by atoms with Crippen molar-refractivity contribution >= 4 is 44.8 Å². The van der Waals surface area contributed by atoms with E-state index in [1.807, 2.05) is 0 Å². The molecule has 0 radical (unpaired) electrons. The molecule has 4 heterocycles. The van der Waals surface area contributed by atoms with E-state index < -0.39 is 0 Å². The minimum absolute atomic E-state index is 0.128. The molecule has 14 heteroatoms. The first-order valence-corrected chi connectivity index (χ1v) is 13.0. The third-order valence-electron chi connectivity index (χ3n) is 5.66. The maximum Gasteiger partial charge on any atom is 0.232 e. The molecular weight excluding hydrogens is 500 g/mol. The zero-order valence-corrected chi connectivity index (χ0v) is 20.7. The van der Waals surface area contributed by atoms with Crippen LogP contribution in [0.25, 0.3) is 0 Å². The molecule has 0 saturated heterocycles. The molecule has 5 rings (SSSR count). The second-order valence-corrected chi connectivity index (χ2v) is 10.3. The van der Waals surface area contributed by atoms with Crippen LogP contribution in [0.1, 0.15) is 58.9 Å². The van der Waals surface area contributed by atoms with Crippen LogP contribution in [0.5, 0.6) is 0 Å². The molecule has 4 aromatic heterocycles. The van der Waals surface area contributed by atoms with Crippen LogP contribution in [-0.2, 0) is 22.4 Å². The van der Waals surface area contributed by atoms with E-state index in [0.717, 1.165) is 35.7 Å². The lowest BCUT2D eigenvalue weighted by molar-refractivity contribution is -0.116. The Morgan fingerprint density at radius 2 is 1.25 bits per heavy atom. The highest BCUT2D eigenvalue weighted by Gasteiger charge is 2.29. The van der Waals surface area contributed by atoms with E-state index in [1.54, 1.807) is 37.2 Å². The Hall–Kier alpha value is -3.78. The zero-order chi connectivity index (χ0) is 24.7. The average molecular weight is 523 g/mol. The largest absolute Gasteiger partial charge is 0.300 e. The van der Waals surface area contributed by atoms with Crippen LogP contribution in [0.4, 0.5) is 10.3 Å². The van der Waals surface area contributed by atoms with Crippen LogP contribution in [0.2, 0.25) is 0 Å². The van der Waals surface area contributed by atoms with Crippen LogP contribution in [0, 0.1) is 0 Å². The fourth-order valence-electron chi connectivity index (χ4n) is 4.04. The quantitative estimate of drug-likeness (QED) is 0.352. The van der Waals surface area contributed by atoms with Crippen molar-refractivity contribution in [2.45, 2.75) is 50.4 Å². The number of anilines is 2. The highest BCUT2D eigenvalue weighted by Crippen LogP contribution is 2.43. The topological polar surface area (TPSA) is 161 Å².